The summed E-state index contributed by atoms with van der Waals surface area (Å²) in [5, 5.41) is 7.96. The van der Waals surface area contributed by atoms with Gasteiger partial charge < -0.3 is 25.4 Å². The molecule has 4 rings (SSSR count). The van der Waals surface area contributed by atoms with Crippen LogP contribution in [-0.4, -0.2) is 48.0 Å². The topological polar surface area (TPSA) is 108 Å². The third-order valence-electron chi connectivity index (χ3n) is 6.10. The number of anilines is 2. The molecule has 34 heavy (non-hydrogen) atoms. The van der Waals surface area contributed by atoms with Crippen LogP contribution in [0.1, 0.15) is 32.4 Å². The van der Waals surface area contributed by atoms with Gasteiger partial charge in [-0.25, -0.2) is 4.68 Å². The number of aromatic nitrogens is 3. The predicted octanol–water partition coefficient (Wildman–Crippen LogP) is 3.58. The van der Waals surface area contributed by atoms with Gasteiger partial charge in [-0.3, -0.25) is 4.79 Å². The van der Waals surface area contributed by atoms with Crippen molar-refractivity contribution in [2.45, 2.75) is 26.8 Å². The number of methoxy groups -OCH3 is 2. The van der Waals surface area contributed by atoms with Crippen molar-refractivity contribution in [3.8, 4) is 22.9 Å². The van der Waals surface area contributed by atoms with Crippen molar-refractivity contribution in [2.75, 3.05) is 37.5 Å². The number of fused-ring (bicyclic) bond motifs is 1. The van der Waals surface area contributed by atoms with Crippen LogP contribution in [0.2, 0.25) is 0 Å². The van der Waals surface area contributed by atoms with Gasteiger partial charge in [-0.1, -0.05) is 6.07 Å². The molecule has 1 aliphatic rings. The highest BCUT2D eigenvalue weighted by Gasteiger charge is 2.34. The Kier molecular flexibility index (Phi) is 6.45. The Morgan fingerprint density at radius 2 is 1.76 bits per heavy atom. The average Bonchev–Trinajstić information content (AvgIpc) is 3.27. The van der Waals surface area contributed by atoms with E-state index in [2.05, 4.69) is 36.2 Å². The lowest BCUT2D eigenvalue weighted by molar-refractivity contribution is -0.115. The number of carbonyl (C=O) groups excluding carboxylic acids is 1. The summed E-state index contributed by atoms with van der Waals surface area (Å²) in [6.07, 6.45) is 0. The van der Waals surface area contributed by atoms with E-state index in [1.807, 2.05) is 31.2 Å². The smallest absolute Gasteiger partial charge is 0.248 e. The van der Waals surface area contributed by atoms with Crippen molar-refractivity contribution in [1.29, 1.82) is 0 Å². The van der Waals surface area contributed by atoms with Gasteiger partial charge in [-0.2, -0.15) is 4.98 Å². The van der Waals surface area contributed by atoms with Crippen LogP contribution in [-0.2, 0) is 4.79 Å². The zero-order chi connectivity index (χ0) is 24.4. The Morgan fingerprint density at radius 3 is 2.35 bits per heavy atom. The molecule has 0 spiro atoms. The molecule has 178 valence electrons. The zero-order valence-corrected chi connectivity index (χ0v) is 20.1. The summed E-state index contributed by atoms with van der Waals surface area (Å²) in [5.41, 5.74) is 9.65. The predicted molar refractivity (Wildman–Crippen MR) is 132 cm³/mol. The first-order valence-electron chi connectivity index (χ1n) is 11.2. The Bertz CT molecular complexity index is 1230. The molecule has 0 saturated carbocycles. The third kappa shape index (κ3) is 4.05. The number of ether oxygens (including phenoxy) is 2. The second-order valence-electron chi connectivity index (χ2n) is 7.97. The summed E-state index contributed by atoms with van der Waals surface area (Å²) >= 11 is 0. The molecule has 9 nitrogen and oxygen atoms in total. The third-order valence-corrected chi connectivity index (χ3v) is 6.10. The normalized spacial score (nSPS) is 14.9. The number of nitrogens with one attached hydrogen (secondary N) is 1. The maximum Gasteiger partial charge on any atom is 0.248 e. The van der Waals surface area contributed by atoms with Crippen LogP contribution in [0.5, 0.6) is 11.5 Å². The van der Waals surface area contributed by atoms with Crippen molar-refractivity contribution in [3.05, 3.63) is 59.3 Å². The number of nitrogens with two attached hydrogens (primary N) is 1. The molecular weight excluding hydrogens is 432 g/mol. The molecule has 2 aromatic carbocycles. The molecule has 3 aromatic rings. The van der Waals surface area contributed by atoms with E-state index in [-0.39, 0.29) is 0 Å². The molecule has 3 N–H and O–H groups in total. The van der Waals surface area contributed by atoms with Gasteiger partial charge in [0, 0.05) is 30.0 Å². The Morgan fingerprint density at radius 1 is 1.09 bits per heavy atom. The first-order chi connectivity index (χ1) is 16.4. The van der Waals surface area contributed by atoms with Crippen LogP contribution in [0.25, 0.3) is 11.4 Å². The van der Waals surface area contributed by atoms with Crippen LogP contribution >= 0.6 is 0 Å². The van der Waals surface area contributed by atoms with E-state index in [1.165, 1.54) is 0 Å². The van der Waals surface area contributed by atoms with Crippen molar-refractivity contribution in [3.63, 3.8) is 0 Å². The number of amides is 1. The molecule has 0 radical (unpaired) electrons. The summed E-state index contributed by atoms with van der Waals surface area (Å²) < 4.78 is 12.5. The summed E-state index contributed by atoms with van der Waals surface area (Å²) in [4.78, 5) is 19.5. The highest BCUT2D eigenvalue weighted by molar-refractivity contribution is 5.95. The van der Waals surface area contributed by atoms with Crippen LogP contribution in [0, 0.1) is 0 Å². The highest BCUT2D eigenvalue weighted by atomic mass is 16.5. The molecule has 1 aromatic heterocycles. The molecule has 9 heteroatoms. The first-order valence-corrected chi connectivity index (χ1v) is 11.2. The van der Waals surface area contributed by atoms with Crippen molar-refractivity contribution in [2.24, 2.45) is 5.73 Å². The SMILES string of the molecule is CCN(CC)c1ccc(-c2nc3n(n2)C(c2ccc(OC)c(OC)c2)C(C(N)=O)=C(C)N3)cc1. The maximum absolute atomic E-state index is 12.5. The van der Waals surface area contributed by atoms with E-state index < -0.39 is 11.9 Å². The number of nitrogens with zero attached hydrogens (tertiary/aromatic N) is 4. The Labute approximate surface area is 199 Å². The molecule has 0 fully saturated rings. The maximum atomic E-state index is 12.5. The van der Waals surface area contributed by atoms with Gasteiger partial charge >= 0.3 is 0 Å². The van der Waals surface area contributed by atoms with Gasteiger partial charge in [0.15, 0.2) is 17.3 Å². The number of hydrogen-bond donors (Lipinski definition) is 2. The van der Waals surface area contributed by atoms with Crippen LogP contribution in [0.4, 0.5) is 11.6 Å². The van der Waals surface area contributed by atoms with Gasteiger partial charge in [-0.05, 0) is 62.7 Å². The number of rotatable bonds is 8. The van der Waals surface area contributed by atoms with Gasteiger partial charge in [0.1, 0.15) is 6.04 Å². The van der Waals surface area contributed by atoms with Gasteiger partial charge in [-0.15, -0.1) is 5.10 Å². The second-order valence-corrected chi connectivity index (χ2v) is 7.97. The van der Waals surface area contributed by atoms with Gasteiger partial charge in [0.05, 0.1) is 19.8 Å². The lowest BCUT2D eigenvalue weighted by Gasteiger charge is -2.28. The van der Waals surface area contributed by atoms with Crippen molar-refractivity contribution >= 4 is 17.5 Å². The zero-order valence-electron chi connectivity index (χ0n) is 20.1. The lowest BCUT2D eigenvalue weighted by Crippen LogP contribution is -2.31. The summed E-state index contributed by atoms with van der Waals surface area (Å²) in [6.45, 7) is 7.95. The standard InChI is InChI=1S/C25H30N6O3/c1-6-30(7-2)18-11-8-16(9-12-18)24-28-25-27-15(3)21(23(26)32)22(31(25)29-24)17-10-13-19(33-4)20(14-17)34-5/h8-14,22H,6-7H2,1-5H3,(H2,26,32)(H,27,28,29). The average molecular weight is 463 g/mol. The summed E-state index contributed by atoms with van der Waals surface area (Å²) in [6, 6.07) is 13.1. The largest absolute Gasteiger partial charge is 0.493 e. The minimum atomic E-state index is -0.565. The van der Waals surface area contributed by atoms with E-state index in [9.17, 15) is 4.79 Å². The molecular formula is C25H30N6O3. The number of benzene rings is 2. The molecule has 0 saturated heterocycles. The molecule has 1 amide bonds. The number of primary amides is 1. The molecule has 2 heterocycles. The summed E-state index contributed by atoms with van der Waals surface area (Å²) in [5.74, 6) is 1.70. The Balaban J connectivity index is 1.79. The van der Waals surface area contributed by atoms with Gasteiger partial charge in [0.25, 0.3) is 0 Å². The molecule has 1 atom stereocenters. The summed E-state index contributed by atoms with van der Waals surface area (Å²) in [7, 11) is 3.15. The minimum Gasteiger partial charge on any atom is -0.493 e. The number of allylic oxidation sites excluding steroid dienone is 1. The van der Waals surface area contributed by atoms with E-state index >= 15 is 0 Å². The molecule has 1 aliphatic heterocycles. The van der Waals surface area contributed by atoms with E-state index in [0.29, 0.717) is 34.5 Å². The van der Waals surface area contributed by atoms with Crippen LogP contribution < -0.4 is 25.4 Å². The van der Waals surface area contributed by atoms with E-state index in [4.69, 9.17) is 25.3 Å². The van der Waals surface area contributed by atoms with Crippen molar-refractivity contribution in [1.82, 2.24) is 14.8 Å². The fourth-order valence-corrected chi connectivity index (χ4v) is 4.33. The Hall–Kier alpha value is -4.01. The lowest BCUT2D eigenvalue weighted by atomic mass is 9.95. The molecule has 1 unspecified atom stereocenters. The fourth-order valence-electron chi connectivity index (χ4n) is 4.33. The highest BCUT2D eigenvalue weighted by Crippen LogP contribution is 2.39. The monoisotopic (exact) mass is 462 g/mol. The quantitative estimate of drug-likeness (QED) is 0.527. The molecule has 0 bridgehead atoms. The van der Waals surface area contributed by atoms with Crippen molar-refractivity contribution < 1.29 is 14.3 Å². The van der Waals surface area contributed by atoms with E-state index in [1.54, 1.807) is 25.0 Å². The number of carbonyl (C=O) groups is 1. The fraction of sp³-hybridized carbons (Fsp3) is 0.320. The van der Waals surface area contributed by atoms with E-state index in [0.717, 1.165) is 29.9 Å². The molecule has 0 aliphatic carbocycles. The minimum absolute atomic E-state index is 0.410. The number of hydrogen-bond acceptors (Lipinski definition) is 7. The second kappa shape index (κ2) is 9.46. The first kappa shape index (κ1) is 23.2. The van der Waals surface area contributed by atoms with Gasteiger partial charge in [0.2, 0.25) is 11.9 Å². The van der Waals surface area contributed by atoms with Crippen LogP contribution in [0.3, 0.4) is 0 Å². The van der Waals surface area contributed by atoms with Crippen LogP contribution in [0.15, 0.2) is 53.7 Å².